The fourth-order valence-corrected chi connectivity index (χ4v) is 5.69. The molecule has 0 aliphatic carbocycles. The molecule has 0 N–H and O–H groups in total. The zero-order chi connectivity index (χ0) is 15.5. The standard InChI is InChI=1S/C13H16BrNO4S2/c1-19-13(16)9-20-10-6-7-15(8-10)21(17,18)12-5-3-2-4-11(12)14/h2-5,10H,6-9H2,1H3/t10-/m1/s1. The van der Waals surface area contributed by atoms with Gasteiger partial charge >= 0.3 is 5.97 Å². The molecule has 1 aromatic rings. The van der Waals surface area contributed by atoms with Crippen LogP contribution >= 0.6 is 27.7 Å². The van der Waals surface area contributed by atoms with E-state index in [0.717, 1.165) is 6.42 Å². The van der Waals surface area contributed by atoms with Crippen molar-refractivity contribution in [3.8, 4) is 0 Å². The lowest BCUT2D eigenvalue weighted by Crippen LogP contribution is -2.29. The molecular weight excluding hydrogens is 378 g/mol. The second-order valence-corrected chi connectivity index (χ2v) is 8.64. The minimum atomic E-state index is -3.49. The van der Waals surface area contributed by atoms with Gasteiger partial charge in [-0.3, -0.25) is 4.79 Å². The first kappa shape index (κ1) is 16.8. The normalized spacial score (nSPS) is 19.6. The number of thioether (sulfide) groups is 1. The molecule has 0 amide bonds. The number of halogens is 1. The first-order valence-electron chi connectivity index (χ1n) is 6.38. The summed E-state index contributed by atoms with van der Waals surface area (Å²) in [6.45, 7) is 0.897. The van der Waals surface area contributed by atoms with E-state index in [1.807, 2.05) is 0 Å². The first-order valence-corrected chi connectivity index (χ1v) is 9.66. The Labute approximate surface area is 137 Å². The molecule has 2 rings (SSSR count). The van der Waals surface area contributed by atoms with Gasteiger partial charge in [0.1, 0.15) is 0 Å². The van der Waals surface area contributed by atoms with Gasteiger partial charge in [0.05, 0.1) is 17.8 Å². The molecule has 1 fully saturated rings. The number of carbonyl (C=O) groups excluding carboxylic acids is 1. The quantitative estimate of drug-likeness (QED) is 0.716. The van der Waals surface area contributed by atoms with E-state index in [0.29, 0.717) is 17.6 Å². The van der Waals surface area contributed by atoms with E-state index in [1.54, 1.807) is 24.3 Å². The lowest BCUT2D eigenvalue weighted by molar-refractivity contribution is -0.137. The van der Waals surface area contributed by atoms with Crippen molar-refractivity contribution >= 4 is 43.7 Å². The van der Waals surface area contributed by atoms with E-state index in [-0.39, 0.29) is 21.9 Å². The van der Waals surface area contributed by atoms with Crippen molar-refractivity contribution < 1.29 is 17.9 Å². The summed E-state index contributed by atoms with van der Waals surface area (Å²) in [5.74, 6) is -0.0310. The van der Waals surface area contributed by atoms with Crippen molar-refractivity contribution in [2.75, 3.05) is 26.0 Å². The van der Waals surface area contributed by atoms with Gasteiger partial charge in [0.15, 0.2) is 0 Å². The topological polar surface area (TPSA) is 63.7 Å². The Bertz CT molecular complexity index is 620. The van der Waals surface area contributed by atoms with Gasteiger partial charge in [-0.1, -0.05) is 12.1 Å². The van der Waals surface area contributed by atoms with Gasteiger partial charge in [-0.15, -0.1) is 11.8 Å². The van der Waals surface area contributed by atoms with Crippen LogP contribution in [0.4, 0.5) is 0 Å². The molecule has 0 bridgehead atoms. The molecule has 8 heteroatoms. The number of methoxy groups -OCH3 is 1. The van der Waals surface area contributed by atoms with Crippen LogP contribution in [0.5, 0.6) is 0 Å². The zero-order valence-corrected chi connectivity index (χ0v) is 14.7. The van der Waals surface area contributed by atoms with Gasteiger partial charge in [0, 0.05) is 22.8 Å². The van der Waals surface area contributed by atoms with E-state index in [4.69, 9.17) is 0 Å². The third kappa shape index (κ3) is 4.00. The SMILES string of the molecule is COC(=O)CS[C@@H]1CCN(S(=O)(=O)c2ccccc2Br)C1. The summed E-state index contributed by atoms with van der Waals surface area (Å²) >= 11 is 4.72. The molecule has 1 atom stereocenters. The molecule has 1 aliphatic heterocycles. The van der Waals surface area contributed by atoms with Crippen molar-refractivity contribution in [2.24, 2.45) is 0 Å². The van der Waals surface area contributed by atoms with Crippen LogP contribution in [0, 0.1) is 0 Å². The molecule has 1 saturated heterocycles. The Morgan fingerprint density at radius 2 is 2.19 bits per heavy atom. The predicted octanol–water partition coefficient (Wildman–Crippen LogP) is 2.12. The highest BCUT2D eigenvalue weighted by molar-refractivity contribution is 9.10. The van der Waals surface area contributed by atoms with Gasteiger partial charge < -0.3 is 4.74 Å². The van der Waals surface area contributed by atoms with Gasteiger partial charge in [0.2, 0.25) is 10.0 Å². The summed E-state index contributed by atoms with van der Waals surface area (Å²) in [4.78, 5) is 11.4. The summed E-state index contributed by atoms with van der Waals surface area (Å²) in [5.41, 5.74) is 0. The maximum Gasteiger partial charge on any atom is 0.315 e. The molecule has 21 heavy (non-hydrogen) atoms. The molecule has 5 nitrogen and oxygen atoms in total. The van der Waals surface area contributed by atoms with E-state index in [1.165, 1.54) is 23.2 Å². The summed E-state index contributed by atoms with van der Waals surface area (Å²) < 4.78 is 31.8. The molecule has 1 aromatic carbocycles. The first-order chi connectivity index (χ1) is 9.95. The lowest BCUT2D eigenvalue weighted by Gasteiger charge is -2.17. The highest BCUT2D eigenvalue weighted by Crippen LogP contribution is 2.30. The Balaban J connectivity index is 2.04. The van der Waals surface area contributed by atoms with E-state index >= 15 is 0 Å². The average Bonchev–Trinajstić information content (AvgIpc) is 2.94. The third-order valence-corrected chi connectivity index (χ3v) is 7.36. The number of sulfonamides is 1. The van der Waals surface area contributed by atoms with E-state index < -0.39 is 10.0 Å². The monoisotopic (exact) mass is 393 g/mol. The highest BCUT2D eigenvalue weighted by atomic mass is 79.9. The molecular formula is C13H16BrNO4S2. The van der Waals surface area contributed by atoms with Crippen LogP contribution in [0.3, 0.4) is 0 Å². The zero-order valence-electron chi connectivity index (χ0n) is 11.5. The molecule has 0 unspecified atom stereocenters. The molecule has 0 spiro atoms. The predicted molar refractivity (Wildman–Crippen MR) is 85.8 cm³/mol. The van der Waals surface area contributed by atoms with Crippen LogP contribution in [0.2, 0.25) is 0 Å². The number of hydrogen-bond donors (Lipinski definition) is 0. The number of hydrogen-bond acceptors (Lipinski definition) is 5. The molecule has 0 aromatic heterocycles. The summed E-state index contributed by atoms with van der Waals surface area (Å²) in [7, 11) is -2.14. The molecule has 0 radical (unpaired) electrons. The molecule has 116 valence electrons. The molecule has 1 aliphatic rings. The third-order valence-electron chi connectivity index (χ3n) is 3.23. The Morgan fingerprint density at radius 1 is 1.48 bits per heavy atom. The second kappa shape index (κ2) is 7.13. The average molecular weight is 394 g/mol. The van der Waals surface area contributed by atoms with Crippen molar-refractivity contribution in [3.05, 3.63) is 28.7 Å². The smallest absolute Gasteiger partial charge is 0.315 e. The molecule has 0 saturated carbocycles. The number of ether oxygens (including phenoxy) is 1. The van der Waals surface area contributed by atoms with Gasteiger partial charge in [-0.2, -0.15) is 4.31 Å². The van der Waals surface area contributed by atoms with E-state index in [9.17, 15) is 13.2 Å². The van der Waals surface area contributed by atoms with Gasteiger partial charge in [-0.05, 0) is 34.5 Å². The van der Waals surface area contributed by atoms with Crippen LogP contribution in [-0.2, 0) is 19.6 Å². The number of carbonyl (C=O) groups is 1. The molecule has 1 heterocycles. The Kier molecular flexibility index (Phi) is 5.70. The summed E-state index contributed by atoms with van der Waals surface area (Å²) in [6, 6.07) is 6.79. The van der Waals surface area contributed by atoms with Crippen LogP contribution in [0.25, 0.3) is 0 Å². The van der Waals surface area contributed by atoms with Crippen LogP contribution in [0.1, 0.15) is 6.42 Å². The number of esters is 1. The largest absolute Gasteiger partial charge is 0.468 e. The minimum Gasteiger partial charge on any atom is -0.468 e. The minimum absolute atomic E-state index is 0.126. The fraction of sp³-hybridized carbons (Fsp3) is 0.462. The lowest BCUT2D eigenvalue weighted by atomic mass is 10.4. The Morgan fingerprint density at radius 3 is 2.86 bits per heavy atom. The van der Waals surface area contributed by atoms with Crippen LogP contribution in [-0.4, -0.2) is 49.9 Å². The maximum atomic E-state index is 12.6. The second-order valence-electron chi connectivity index (χ2n) is 4.59. The number of nitrogens with zero attached hydrogens (tertiary/aromatic N) is 1. The fourth-order valence-electron chi connectivity index (χ4n) is 2.09. The van der Waals surface area contributed by atoms with Gasteiger partial charge in [0.25, 0.3) is 0 Å². The number of rotatable bonds is 5. The van der Waals surface area contributed by atoms with E-state index in [2.05, 4.69) is 20.7 Å². The van der Waals surface area contributed by atoms with Crippen molar-refractivity contribution in [2.45, 2.75) is 16.6 Å². The Hall–Kier alpha value is -0.570. The maximum absolute atomic E-state index is 12.6. The summed E-state index contributed by atoms with van der Waals surface area (Å²) in [6.07, 6.45) is 0.741. The van der Waals surface area contributed by atoms with Crippen LogP contribution in [0.15, 0.2) is 33.6 Å². The van der Waals surface area contributed by atoms with Crippen molar-refractivity contribution in [1.82, 2.24) is 4.31 Å². The summed E-state index contributed by atoms with van der Waals surface area (Å²) in [5, 5.41) is 0.126. The highest BCUT2D eigenvalue weighted by Gasteiger charge is 2.33. The number of benzene rings is 1. The van der Waals surface area contributed by atoms with Crippen molar-refractivity contribution in [1.29, 1.82) is 0 Å². The van der Waals surface area contributed by atoms with Crippen LogP contribution < -0.4 is 0 Å². The van der Waals surface area contributed by atoms with Gasteiger partial charge in [-0.25, -0.2) is 8.42 Å². The van der Waals surface area contributed by atoms with Crippen molar-refractivity contribution in [3.63, 3.8) is 0 Å².